The molecule has 0 bridgehead atoms. The van der Waals surface area contributed by atoms with E-state index in [0.717, 1.165) is 0 Å². The smallest absolute Gasteiger partial charge is 0.296 e. The molecule has 4 N–H and O–H groups in total. The Morgan fingerprint density at radius 1 is 1.12 bits per heavy atom. The molecule has 2 aromatic carbocycles. The first-order valence-electron chi connectivity index (χ1n) is 6.92. The molecule has 1 aromatic heterocycles. The monoisotopic (exact) mass is 444 g/mol. The van der Waals surface area contributed by atoms with Crippen molar-refractivity contribution < 1.29 is 21.4 Å². The highest BCUT2D eigenvalue weighted by Crippen LogP contribution is 2.35. The number of aromatic nitrogens is 1. The van der Waals surface area contributed by atoms with E-state index in [4.69, 9.17) is 5.73 Å². The van der Waals surface area contributed by atoms with Crippen molar-refractivity contribution in [2.45, 2.75) is 21.6 Å². The molecule has 0 aliphatic rings. The lowest BCUT2D eigenvalue weighted by Crippen LogP contribution is -2.06. The van der Waals surface area contributed by atoms with E-state index < -0.39 is 24.9 Å². The third-order valence-electron chi connectivity index (χ3n) is 3.75. The number of nitrogens with one attached hydrogen (secondary N) is 1. The molecule has 0 atom stereocenters. The second-order valence-corrected chi connectivity index (χ2v) is 9.55. The van der Waals surface area contributed by atoms with Gasteiger partial charge in [-0.15, -0.1) is 0 Å². The highest BCUT2D eigenvalue weighted by molar-refractivity contribution is 9.10. The van der Waals surface area contributed by atoms with Crippen LogP contribution >= 0.6 is 15.9 Å². The van der Waals surface area contributed by atoms with Crippen LogP contribution in [0.1, 0.15) is 5.69 Å². The molecule has 0 saturated carbocycles. The van der Waals surface area contributed by atoms with Crippen molar-refractivity contribution in [3.05, 3.63) is 46.6 Å². The van der Waals surface area contributed by atoms with Gasteiger partial charge < -0.3 is 10.7 Å². The average molecular weight is 445 g/mol. The zero-order valence-corrected chi connectivity index (χ0v) is 16.0. The second kappa shape index (κ2) is 5.84. The average Bonchev–Trinajstić information content (AvgIpc) is 2.85. The summed E-state index contributed by atoms with van der Waals surface area (Å²) in [7, 11) is -8.68. The van der Waals surface area contributed by atoms with Crippen LogP contribution in [0.2, 0.25) is 0 Å². The zero-order chi connectivity index (χ0) is 18.6. The topological polar surface area (TPSA) is 130 Å². The Kier molecular flexibility index (Phi) is 4.18. The van der Waals surface area contributed by atoms with E-state index in [1.165, 1.54) is 43.3 Å². The van der Waals surface area contributed by atoms with Crippen molar-refractivity contribution in [2.24, 2.45) is 0 Å². The van der Waals surface area contributed by atoms with Crippen LogP contribution in [-0.4, -0.2) is 26.4 Å². The second-order valence-electron chi connectivity index (χ2n) is 5.42. The van der Waals surface area contributed by atoms with Gasteiger partial charge in [-0.05, 0) is 53.2 Å². The number of fused-ring (bicyclic) bond motifs is 1. The summed E-state index contributed by atoms with van der Waals surface area (Å²) in [5, 5.41) is -0.0737. The Morgan fingerprint density at radius 2 is 1.80 bits per heavy atom. The SMILES string of the molecule is Cc1[nH]c2cccc(S(=O)(=O)c3ccc(N)c(Br)c3)c2c1S(=O)(=O)O. The molecule has 7 nitrogen and oxygen atoms in total. The maximum absolute atomic E-state index is 13.0. The van der Waals surface area contributed by atoms with E-state index in [1.807, 2.05) is 0 Å². The number of sulfone groups is 1. The standard InChI is InChI=1S/C15H13BrN2O5S2/c1-8-15(25(21,22)23)14-12(18-8)3-2-4-13(14)24(19,20)9-5-6-11(17)10(16)7-9/h2-7,18H,17H2,1H3,(H,21,22,23). The van der Waals surface area contributed by atoms with Gasteiger partial charge in [0.25, 0.3) is 10.1 Å². The normalized spacial score (nSPS) is 12.6. The minimum atomic E-state index is -4.62. The van der Waals surface area contributed by atoms with E-state index in [9.17, 15) is 21.4 Å². The number of nitrogens with two attached hydrogens (primary N) is 1. The van der Waals surface area contributed by atoms with Crippen molar-refractivity contribution in [2.75, 3.05) is 5.73 Å². The first-order valence-corrected chi connectivity index (χ1v) is 10.6. The molecule has 132 valence electrons. The largest absolute Gasteiger partial charge is 0.398 e. The molecular weight excluding hydrogens is 432 g/mol. The third-order valence-corrected chi connectivity index (χ3v) is 7.25. The molecule has 0 aliphatic heterocycles. The number of H-pyrrole nitrogens is 1. The summed E-state index contributed by atoms with van der Waals surface area (Å²) in [6, 6.07) is 8.43. The molecule has 0 fully saturated rings. The lowest BCUT2D eigenvalue weighted by molar-refractivity contribution is 0.483. The lowest BCUT2D eigenvalue weighted by atomic mass is 10.2. The summed E-state index contributed by atoms with van der Waals surface area (Å²) in [6.07, 6.45) is 0. The molecular formula is C15H13BrN2O5S2. The van der Waals surface area contributed by atoms with Crippen molar-refractivity contribution in [3.8, 4) is 0 Å². The minimum Gasteiger partial charge on any atom is -0.398 e. The van der Waals surface area contributed by atoms with Crippen LogP contribution in [-0.2, 0) is 20.0 Å². The van der Waals surface area contributed by atoms with Crippen LogP contribution < -0.4 is 5.73 Å². The van der Waals surface area contributed by atoms with Crippen LogP contribution in [0.15, 0.2) is 55.6 Å². The predicted octanol–water partition coefficient (Wildman–Crippen LogP) is 2.90. The Morgan fingerprint density at radius 3 is 2.40 bits per heavy atom. The number of rotatable bonds is 3. The van der Waals surface area contributed by atoms with Gasteiger partial charge in [0.1, 0.15) is 4.90 Å². The van der Waals surface area contributed by atoms with E-state index in [-0.39, 0.29) is 20.9 Å². The number of hydrogen-bond donors (Lipinski definition) is 3. The summed E-state index contributed by atoms with van der Waals surface area (Å²) in [6.45, 7) is 1.44. The van der Waals surface area contributed by atoms with Gasteiger partial charge in [-0.25, -0.2) is 8.42 Å². The lowest BCUT2D eigenvalue weighted by Gasteiger charge is -2.09. The van der Waals surface area contributed by atoms with Crippen LogP contribution in [0, 0.1) is 6.92 Å². The molecule has 10 heteroatoms. The van der Waals surface area contributed by atoms with E-state index >= 15 is 0 Å². The third kappa shape index (κ3) is 2.95. The van der Waals surface area contributed by atoms with Gasteiger partial charge in [0.05, 0.1) is 9.79 Å². The van der Waals surface area contributed by atoms with Crippen molar-refractivity contribution >= 4 is 52.5 Å². The maximum Gasteiger partial charge on any atom is 0.296 e. The summed E-state index contributed by atoms with van der Waals surface area (Å²) >= 11 is 3.18. The van der Waals surface area contributed by atoms with Gasteiger partial charge in [-0.3, -0.25) is 4.55 Å². The molecule has 3 rings (SSSR count). The molecule has 3 aromatic rings. The number of anilines is 1. The fourth-order valence-corrected chi connectivity index (χ4v) is 5.69. The first-order chi connectivity index (χ1) is 11.5. The van der Waals surface area contributed by atoms with Gasteiger partial charge >= 0.3 is 0 Å². The Hall–Kier alpha value is -1.88. The number of halogens is 1. The van der Waals surface area contributed by atoms with Crippen LogP contribution in [0.4, 0.5) is 5.69 Å². The molecule has 0 radical (unpaired) electrons. The molecule has 0 amide bonds. The number of hydrogen-bond acceptors (Lipinski definition) is 5. The molecule has 25 heavy (non-hydrogen) atoms. The van der Waals surface area contributed by atoms with Crippen molar-refractivity contribution in [1.82, 2.24) is 4.98 Å². The van der Waals surface area contributed by atoms with Gasteiger partial charge in [0.15, 0.2) is 0 Å². The Labute approximate surface area is 152 Å². The number of aryl methyl sites for hydroxylation is 1. The fourth-order valence-electron chi connectivity index (χ4n) is 2.66. The molecule has 1 heterocycles. The number of nitrogen functional groups attached to an aromatic ring is 1. The van der Waals surface area contributed by atoms with Crippen LogP contribution in [0.3, 0.4) is 0 Å². The zero-order valence-electron chi connectivity index (χ0n) is 12.8. The molecule has 0 spiro atoms. The van der Waals surface area contributed by atoms with Crippen molar-refractivity contribution in [3.63, 3.8) is 0 Å². The quantitative estimate of drug-likeness (QED) is 0.420. The van der Waals surface area contributed by atoms with Gasteiger partial charge in [-0.2, -0.15) is 8.42 Å². The summed E-state index contributed by atoms with van der Waals surface area (Å²) in [5.74, 6) is 0. The van der Waals surface area contributed by atoms with Crippen molar-refractivity contribution in [1.29, 1.82) is 0 Å². The maximum atomic E-state index is 13.0. The Balaban J connectivity index is 2.41. The summed E-state index contributed by atoms with van der Waals surface area (Å²) in [4.78, 5) is 2.06. The molecule has 0 unspecified atom stereocenters. The van der Waals surface area contributed by atoms with Gasteiger partial charge in [0, 0.05) is 26.8 Å². The van der Waals surface area contributed by atoms with Gasteiger partial charge in [0.2, 0.25) is 9.84 Å². The van der Waals surface area contributed by atoms with Crippen LogP contribution in [0.25, 0.3) is 10.9 Å². The predicted molar refractivity (Wildman–Crippen MR) is 96.9 cm³/mol. The minimum absolute atomic E-state index is 0.0544. The Bertz CT molecular complexity index is 1210. The highest BCUT2D eigenvalue weighted by atomic mass is 79.9. The van der Waals surface area contributed by atoms with E-state index in [0.29, 0.717) is 15.7 Å². The molecule has 0 saturated heterocycles. The van der Waals surface area contributed by atoms with E-state index in [2.05, 4.69) is 20.9 Å². The number of benzene rings is 2. The van der Waals surface area contributed by atoms with E-state index in [1.54, 1.807) is 0 Å². The summed E-state index contributed by atoms with van der Waals surface area (Å²) in [5.41, 5.74) is 6.50. The number of aromatic amines is 1. The van der Waals surface area contributed by atoms with Crippen LogP contribution in [0.5, 0.6) is 0 Å². The van der Waals surface area contributed by atoms with Gasteiger partial charge in [-0.1, -0.05) is 6.07 Å². The first kappa shape index (κ1) is 17.9. The molecule has 0 aliphatic carbocycles. The summed E-state index contributed by atoms with van der Waals surface area (Å²) < 4.78 is 59.6. The fraction of sp³-hybridized carbons (Fsp3) is 0.0667. The highest BCUT2D eigenvalue weighted by Gasteiger charge is 2.28.